The first kappa shape index (κ1) is 15.7. The lowest BCUT2D eigenvalue weighted by atomic mass is 10.2. The molecule has 0 saturated carbocycles. The van der Waals surface area contributed by atoms with Crippen molar-refractivity contribution in [3.8, 4) is 0 Å². The predicted octanol–water partition coefficient (Wildman–Crippen LogP) is 1.07. The number of hydrogen-bond donors (Lipinski definition) is 3. The number of aliphatic hydroxyl groups is 1. The molecule has 0 atom stereocenters. The van der Waals surface area contributed by atoms with Crippen molar-refractivity contribution in [2.24, 2.45) is 0 Å². The third kappa shape index (κ3) is 4.68. The highest BCUT2D eigenvalue weighted by Crippen LogP contribution is 2.27. The van der Waals surface area contributed by atoms with E-state index in [2.05, 4.69) is 10.3 Å². The number of nitrogens with two attached hydrogens (primary N) is 1. The SMILES string of the molecule is CCN(C)c1nc(N)c(C(=O)NCCCCCO)s1. The lowest BCUT2D eigenvalue weighted by Crippen LogP contribution is -2.24. The van der Waals surface area contributed by atoms with Crippen LogP contribution < -0.4 is 16.0 Å². The molecular weight excluding hydrogens is 264 g/mol. The van der Waals surface area contributed by atoms with Crippen molar-refractivity contribution in [2.75, 3.05) is 37.4 Å². The average Bonchev–Trinajstić information content (AvgIpc) is 2.79. The van der Waals surface area contributed by atoms with E-state index in [4.69, 9.17) is 10.8 Å². The molecule has 0 saturated heterocycles. The van der Waals surface area contributed by atoms with Gasteiger partial charge in [0.25, 0.3) is 5.91 Å². The van der Waals surface area contributed by atoms with E-state index in [9.17, 15) is 4.79 Å². The summed E-state index contributed by atoms with van der Waals surface area (Å²) in [7, 11) is 1.91. The topological polar surface area (TPSA) is 91.5 Å². The number of carbonyl (C=O) groups is 1. The lowest BCUT2D eigenvalue weighted by molar-refractivity contribution is 0.0957. The fourth-order valence-electron chi connectivity index (χ4n) is 1.48. The second-order valence-corrected chi connectivity index (χ2v) is 5.24. The first-order valence-electron chi connectivity index (χ1n) is 6.46. The van der Waals surface area contributed by atoms with Gasteiger partial charge in [0.1, 0.15) is 10.7 Å². The summed E-state index contributed by atoms with van der Waals surface area (Å²) in [6, 6.07) is 0. The molecule has 1 amide bonds. The number of aliphatic hydroxyl groups excluding tert-OH is 1. The fraction of sp³-hybridized carbons (Fsp3) is 0.667. The molecule has 0 spiro atoms. The smallest absolute Gasteiger partial charge is 0.265 e. The molecule has 1 heterocycles. The van der Waals surface area contributed by atoms with Crippen LogP contribution in [-0.4, -0.2) is 42.7 Å². The third-order valence-electron chi connectivity index (χ3n) is 2.77. The van der Waals surface area contributed by atoms with E-state index < -0.39 is 0 Å². The number of thiazole rings is 1. The van der Waals surface area contributed by atoms with Crippen molar-refractivity contribution in [1.82, 2.24) is 10.3 Å². The Morgan fingerprint density at radius 1 is 1.47 bits per heavy atom. The summed E-state index contributed by atoms with van der Waals surface area (Å²) in [6.45, 7) is 3.62. The van der Waals surface area contributed by atoms with Gasteiger partial charge in [0, 0.05) is 26.7 Å². The largest absolute Gasteiger partial charge is 0.396 e. The van der Waals surface area contributed by atoms with Crippen LogP contribution in [0.25, 0.3) is 0 Å². The Balaban J connectivity index is 2.50. The molecular formula is C12H22N4O2S. The minimum atomic E-state index is -0.172. The fourth-order valence-corrected chi connectivity index (χ4v) is 2.40. The Labute approximate surface area is 117 Å². The minimum Gasteiger partial charge on any atom is -0.396 e. The van der Waals surface area contributed by atoms with Gasteiger partial charge in [-0.3, -0.25) is 4.79 Å². The number of hydrogen-bond acceptors (Lipinski definition) is 6. The first-order chi connectivity index (χ1) is 9.10. The van der Waals surface area contributed by atoms with Crippen LogP contribution in [0.15, 0.2) is 0 Å². The molecule has 0 aliphatic heterocycles. The van der Waals surface area contributed by atoms with Gasteiger partial charge in [0.05, 0.1) is 0 Å². The van der Waals surface area contributed by atoms with Crippen LogP contribution in [0.5, 0.6) is 0 Å². The Morgan fingerprint density at radius 2 is 2.21 bits per heavy atom. The zero-order valence-electron chi connectivity index (χ0n) is 11.5. The molecule has 1 rings (SSSR count). The summed E-state index contributed by atoms with van der Waals surface area (Å²) < 4.78 is 0. The summed E-state index contributed by atoms with van der Waals surface area (Å²) >= 11 is 1.31. The Bertz CT molecular complexity index is 408. The van der Waals surface area contributed by atoms with Gasteiger partial charge in [-0.25, -0.2) is 4.98 Å². The summed E-state index contributed by atoms with van der Waals surface area (Å²) in [5, 5.41) is 12.2. The summed E-state index contributed by atoms with van der Waals surface area (Å²) in [4.78, 5) is 18.5. The maximum atomic E-state index is 11.9. The Morgan fingerprint density at radius 3 is 2.84 bits per heavy atom. The van der Waals surface area contributed by atoms with Crippen LogP contribution in [0.4, 0.5) is 10.9 Å². The van der Waals surface area contributed by atoms with Crippen LogP contribution in [0, 0.1) is 0 Å². The normalized spacial score (nSPS) is 10.5. The number of rotatable bonds is 8. The number of nitrogen functional groups attached to an aromatic ring is 1. The van der Waals surface area contributed by atoms with Gasteiger partial charge < -0.3 is 21.1 Å². The highest BCUT2D eigenvalue weighted by Gasteiger charge is 2.17. The monoisotopic (exact) mass is 286 g/mol. The molecule has 19 heavy (non-hydrogen) atoms. The molecule has 4 N–H and O–H groups in total. The van der Waals surface area contributed by atoms with Crippen molar-refractivity contribution in [1.29, 1.82) is 0 Å². The van der Waals surface area contributed by atoms with Gasteiger partial charge in [-0.15, -0.1) is 0 Å². The number of anilines is 2. The zero-order chi connectivity index (χ0) is 14.3. The first-order valence-corrected chi connectivity index (χ1v) is 7.28. The molecule has 6 nitrogen and oxygen atoms in total. The average molecular weight is 286 g/mol. The van der Waals surface area contributed by atoms with Gasteiger partial charge in [0.2, 0.25) is 0 Å². The molecule has 0 unspecified atom stereocenters. The molecule has 0 aliphatic rings. The van der Waals surface area contributed by atoms with Crippen molar-refractivity contribution in [2.45, 2.75) is 26.2 Å². The minimum absolute atomic E-state index is 0.172. The number of unbranched alkanes of at least 4 members (excludes halogenated alkanes) is 2. The molecule has 1 aromatic rings. The van der Waals surface area contributed by atoms with E-state index in [0.29, 0.717) is 11.4 Å². The number of carbonyl (C=O) groups excluding carboxylic acids is 1. The van der Waals surface area contributed by atoms with Crippen LogP contribution >= 0.6 is 11.3 Å². The third-order valence-corrected chi connectivity index (χ3v) is 3.95. The Hall–Kier alpha value is -1.34. The van der Waals surface area contributed by atoms with Gasteiger partial charge in [-0.05, 0) is 26.2 Å². The number of amides is 1. The molecule has 108 valence electrons. The van der Waals surface area contributed by atoms with Crippen LogP contribution in [-0.2, 0) is 0 Å². The van der Waals surface area contributed by atoms with E-state index in [1.165, 1.54) is 11.3 Å². The van der Waals surface area contributed by atoms with Crippen LogP contribution in [0.2, 0.25) is 0 Å². The number of nitrogens with one attached hydrogen (secondary N) is 1. The van der Waals surface area contributed by atoms with Crippen molar-refractivity contribution in [3.05, 3.63) is 4.88 Å². The highest BCUT2D eigenvalue weighted by molar-refractivity contribution is 7.18. The van der Waals surface area contributed by atoms with Gasteiger partial charge >= 0.3 is 0 Å². The molecule has 0 bridgehead atoms. The van der Waals surface area contributed by atoms with Gasteiger partial charge in [-0.2, -0.15) is 0 Å². The standard InChI is InChI=1S/C12H22N4O2S/c1-3-16(2)12-15-10(13)9(19-12)11(18)14-7-5-4-6-8-17/h17H,3-8,13H2,1-2H3,(H,14,18). The number of nitrogens with zero attached hydrogens (tertiary/aromatic N) is 2. The zero-order valence-corrected chi connectivity index (χ0v) is 12.3. The van der Waals surface area contributed by atoms with E-state index in [1.807, 2.05) is 18.9 Å². The van der Waals surface area contributed by atoms with Crippen molar-refractivity contribution < 1.29 is 9.90 Å². The number of aromatic nitrogens is 1. The summed E-state index contributed by atoms with van der Waals surface area (Å²) in [6.07, 6.45) is 2.52. The van der Waals surface area contributed by atoms with Crippen LogP contribution in [0.3, 0.4) is 0 Å². The van der Waals surface area contributed by atoms with E-state index in [0.717, 1.165) is 30.9 Å². The summed E-state index contributed by atoms with van der Waals surface area (Å²) in [5.74, 6) is 0.114. The maximum Gasteiger partial charge on any atom is 0.265 e. The highest BCUT2D eigenvalue weighted by atomic mass is 32.1. The summed E-state index contributed by atoms with van der Waals surface area (Å²) in [5.41, 5.74) is 5.77. The van der Waals surface area contributed by atoms with E-state index >= 15 is 0 Å². The molecule has 7 heteroatoms. The lowest BCUT2D eigenvalue weighted by Gasteiger charge is -2.10. The molecule has 0 radical (unpaired) electrons. The van der Waals surface area contributed by atoms with Crippen LogP contribution in [0.1, 0.15) is 35.9 Å². The quantitative estimate of drug-likeness (QED) is 0.622. The molecule has 0 aromatic carbocycles. The second-order valence-electron chi connectivity index (χ2n) is 4.27. The van der Waals surface area contributed by atoms with Crippen molar-refractivity contribution >= 4 is 28.2 Å². The molecule has 0 fully saturated rings. The van der Waals surface area contributed by atoms with E-state index in [1.54, 1.807) is 0 Å². The molecule has 0 aliphatic carbocycles. The van der Waals surface area contributed by atoms with Crippen molar-refractivity contribution in [3.63, 3.8) is 0 Å². The molecule has 1 aromatic heterocycles. The maximum absolute atomic E-state index is 11.9. The predicted molar refractivity (Wildman–Crippen MR) is 78.7 cm³/mol. The Kier molecular flexibility index (Phi) is 6.58. The van der Waals surface area contributed by atoms with Gasteiger partial charge in [-0.1, -0.05) is 11.3 Å². The van der Waals surface area contributed by atoms with E-state index in [-0.39, 0.29) is 18.3 Å². The second kappa shape index (κ2) is 7.96. The van der Waals surface area contributed by atoms with Gasteiger partial charge in [0.15, 0.2) is 5.13 Å².